The van der Waals surface area contributed by atoms with E-state index in [0.717, 1.165) is 33.2 Å². The van der Waals surface area contributed by atoms with Crippen LogP contribution >= 0.6 is 22.6 Å². The van der Waals surface area contributed by atoms with Crippen molar-refractivity contribution in [2.45, 2.75) is 46.3 Å². The largest absolute Gasteiger partial charge is 0.359 e. The van der Waals surface area contributed by atoms with E-state index >= 15 is 0 Å². The summed E-state index contributed by atoms with van der Waals surface area (Å²) < 4.78 is 9.97. The predicted molar refractivity (Wildman–Crippen MR) is 126 cm³/mol. The number of hydrogen-bond donors (Lipinski definition) is 1. The predicted octanol–water partition coefficient (Wildman–Crippen LogP) is 3.71. The zero-order chi connectivity index (χ0) is 21.9. The third kappa shape index (κ3) is 5.95. The Bertz CT molecular complexity index is 1040. The highest BCUT2D eigenvalue weighted by atomic mass is 127. The van der Waals surface area contributed by atoms with Crippen LogP contribution in [0.3, 0.4) is 0 Å². The van der Waals surface area contributed by atoms with Gasteiger partial charge in [-0.25, -0.2) is 19.3 Å². The van der Waals surface area contributed by atoms with Crippen LogP contribution in [0.2, 0.25) is 25.7 Å². The summed E-state index contributed by atoms with van der Waals surface area (Å²) in [5, 5.41) is 11.8. The van der Waals surface area contributed by atoms with Gasteiger partial charge in [0.25, 0.3) is 0 Å². The van der Waals surface area contributed by atoms with Gasteiger partial charge in [0.15, 0.2) is 5.82 Å². The smallest absolute Gasteiger partial charge is 0.222 e. The minimum atomic E-state index is -1.11. The normalized spacial score (nSPS) is 11.7. The first-order chi connectivity index (χ1) is 14.1. The molecule has 1 amide bonds. The first-order valence-corrected chi connectivity index (χ1v) is 14.4. The molecule has 3 aromatic heterocycles. The summed E-state index contributed by atoms with van der Waals surface area (Å²) in [4.78, 5) is 20.0. The number of rotatable bonds is 8. The summed E-state index contributed by atoms with van der Waals surface area (Å²) in [6, 6.07) is 2.91. The van der Waals surface area contributed by atoms with Gasteiger partial charge in [0.05, 0.1) is 11.3 Å². The summed E-state index contributed by atoms with van der Waals surface area (Å²) in [7, 11) is -1.11. The van der Waals surface area contributed by atoms with Crippen molar-refractivity contribution in [2.75, 3.05) is 11.9 Å². The minimum Gasteiger partial charge on any atom is -0.359 e. The molecule has 0 spiro atoms. The van der Waals surface area contributed by atoms with Crippen molar-refractivity contribution in [1.82, 2.24) is 29.5 Å². The third-order valence-corrected chi connectivity index (χ3v) is 6.79. The monoisotopic (exact) mass is 539 g/mol. The minimum absolute atomic E-state index is 0.171. The molecular weight excluding hydrogens is 513 g/mol. The molecular formula is C19H26IN7O2Si. The number of carbonyl (C=O) groups is 1. The van der Waals surface area contributed by atoms with Crippen molar-refractivity contribution in [2.24, 2.45) is 0 Å². The number of amides is 1. The van der Waals surface area contributed by atoms with Crippen LogP contribution in [-0.2, 0) is 16.3 Å². The lowest BCUT2D eigenvalue weighted by Gasteiger charge is -2.15. The Morgan fingerprint density at radius 2 is 2.03 bits per heavy atom. The summed E-state index contributed by atoms with van der Waals surface area (Å²) in [5.74, 6) is 0.899. The van der Waals surface area contributed by atoms with E-state index < -0.39 is 8.07 Å². The molecule has 0 fully saturated rings. The average Bonchev–Trinajstić information content (AvgIpc) is 3.25. The van der Waals surface area contributed by atoms with Gasteiger partial charge in [-0.2, -0.15) is 5.10 Å². The lowest BCUT2D eigenvalue weighted by atomic mass is 10.2. The first kappa shape index (κ1) is 22.6. The lowest BCUT2D eigenvalue weighted by Crippen LogP contribution is -2.22. The fourth-order valence-corrected chi connectivity index (χ4v) is 4.02. The topological polar surface area (TPSA) is 99.8 Å². The number of halogens is 1. The van der Waals surface area contributed by atoms with Crippen LogP contribution < -0.4 is 5.32 Å². The molecule has 0 radical (unpaired) electrons. The van der Waals surface area contributed by atoms with E-state index in [1.54, 1.807) is 28.0 Å². The van der Waals surface area contributed by atoms with Crippen LogP contribution in [0, 0.1) is 10.6 Å². The Labute approximate surface area is 190 Å². The fraction of sp³-hybridized carbons (Fsp3) is 0.421. The Morgan fingerprint density at radius 3 is 2.73 bits per heavy atom. The molecule has 0 atom stereocenters. The van der Waals surface area contributed by atoms with Crippen LogP contribution in [0.1, 0.15) is 12.5 Å². The SMILES string of the molecule is CC(=O)Nc1cc(-n2cc(-c3ncn(COCC[Si](C)(C)C)n3)c(I)n2)c(C)cn1. The second-order valence-electron chi connectivity index (χ2n) is 8.27. The van der Waals surface area contributed by atoms with E-state index in [-0.39, 0.29) is 5.91 Å². The molecule has 0 aliphatic rings. The number of aryl methyl sites for hydroxylation is 1. The van der Waals surface area contributed by atoms with Gasteiger partial charge in [-0.15, -0.1) is 5.10 Å². The van der Waals surface area contributed by atoms with E-state index in [9.17, 15) is 4.79 Å². The Morgan fingerprint density at radius 1 is 1.27 bits per heavy atom. The summed E-state index contributed by atoms with van der Waals surface area (Å²) in [6.45, 7) is 11.5. The van der Waals surface area contributed by atoms with Crippen molar-refractivity contribution < 1.29 is 9.53 Å². The van der Waals surface area contributed by atoms with Crippen LogP contribution in [0.15, 0.2) is 24.8 Å². The molecule has 0 saturated heterocycles. The molecule has 30 heavy (non-hydrogen) atoms. The molecule has 0 aliphatic heterocycles. The molecule has 0 aliphatic carbocycles. The molecule has 9 nitrogen and oxygen atoms in total. The van der Waals surface area contributed by atoms with E-state index in [0.29, 0.717) is 18.4 Å². The number of carbonyl (C=O) groups excluding carboxylic acids is 1. The van der Waals surface area contributed by atoms with E-state index in [2.05, 4.69) is 67.7 Å². The molecule has 1 N–H and O–H groups in total. The first-order valence-electron chi connectivity index (χ1n) is 9.60. The molecule has 0 bridgehead atoms. The van der Waals surface area contributed by atoms with Gasteiger partial charge >= 0.3 is 0 Å². The average molecular weight is 539 g/mol. The van der Waals surface area contributed by atoms with Crippen molar-refractivity contribution in [3.63, 3.8) is 0 Å². The molecule has 3 heterocycles. The second-order valence-corrected chi connectivity index (χ2v) is 14.9. The van der Waals surface area contributed by atoms with Crippen LogP contribution in [0.25, 0.3) is 17.1 Å². The number of aromatic nitrogens is 6. The lowest BCUT2D eigenvalue weighted by molar-refractivity contribution is -0.114. The Balaban J connectivity index is 1.76. The van der Waals surface area contributed by atoms with E-state index in [1.807, 2.05) is 13.1 Å². The summed E-state index contributed by atoms with van der Waals surface area (Å²) in [5.41, 5.74) is 2.59. The molecule has 11 heteroatoms. The number of pyridine rings is 1. The zero-order valence-corrected chi connectivity index (χ0v) is 21.0. The molecule has 3 aromatic rings. The maximum absolute atomic E-state index is 11.3. The fourth-order valence-electron chi connectivity index (χ4n) is 2.65. The molecule has 0 aromatic carbocycles. The van der Waals surface area contributed by atoms with Crippen molar-refractivity contribution in [3.8, 4) is 17.1 Å². The van der Waals surface area contributed by atoms with Gasteiger partial charge in [0, 0.05) is 40.1 Å². The number of ether oxygens (including phenoxy) is 1. The van der Waals surface area contributed by atoms with Gasteiger partial charge < -0.3 is 10.1 Å². The number of nitrogens with one attached hydrogen (secondary N) is 1. The highest BCUT2D eigenvalue weighted by Crippen LogP contribution is 2.24. The number of hydrogen-bond acceptors (Lipinski definition) is 6. The standard InChI is InChI=1S/C19H26IN7O2Si/c1-13-9-21-17(23-14(2)28)8-16(13)27-10-15(18(20)24-27)19-22-11-26(25-19)12-29-6-7-30(3,4)5/h8-11H,6-7,12H2,1-5H3,(H,21,23,28). The number of anilines is 1. The van der Waals surface area contributed by atoms with Gasteiger partial charge in [0.1, 0.15) is 22.6 Å². The van der Waals surface area contributed by atoms with Gasteiger partial charge in [-0.1, -0.05) is 19.6 Å². The number of nitrogens with zero attached hydrogens (tertiary/aromatic N) is 6. The van der Waals surface area contributed by atoms with E-state index in [1.165, 1.54) is 6.92 Å². The maximum atomic E-state index is 11.3. The molecule has 0 unspecified atom stereocenters. The summed E-state index contributed by atoms with van der Waals surface area (Å²) >= 11 is 2.17. The van der Waals surface area contributed by atoms with Gasteiger partial charge in [0.2, 0.25) is 5.91 Å². The van der Waals surface area contributed by atoms with Crippen molar-refractivity contribution in [1.29, 1.82) is 0 Å². The van der Waals surface area contributed by atoms with Crippen LogP contribution in [0.4, 0.5) is 5.82 Å². The maximum Gasteiger partial charge on any atom is 0.222 e. The van der Waals surface area contributed by atoms with Crippen molar-refractivity contribution in [3.05, 3.63) is 34.1 Å². The van der Waals surface area contributed by atoms with Crippen molar-refractivity contribution >= 4 is 42.4 Å². The molecule has 0 saturated carbocycles. The van der Waals surface area contributed by atoms with Crippen LogP contribution in [-0.4, -0.2) is 50.1 Å². The Kier molecular flexibility index (Phi) is 7.03. The van der Waals surface area contributed by atoms with E-state index in [4.69, 9.17) is 4.74 Å². The zero-order valence-electron chi connectivity index (χ0n) is 17.8. The third-order valence-electron chi connectivity index (χ3n) is 4.29. The Hall–Kier alpha value is -2.12. The molecule has 160 valence electrons. The van der Waals surface area contributed by atoms with Crippen LogP contribution in [0.5, 0.6) is 0 Å². The van der Waals surface area contributed by atoms with Gasteiger partial charge in [-0.3, -0.25) is 4.79 Å². The highest BCUT2D eigenvalue weighted by Gasteiger charge is 2.16. The second kappa shape index (κ2) is 9.35. The highest BCUT2D eigenvalue weighted by molar-refractivity contribution is 14.1. The summed E-state index contributed by atoms with van der Waals surface area (Å²) in [6.07, 6.45) is 5.26. The molecule has 3 rings (SSSR count). The quantitative estimate of drug-likeness (QED) is 0.266. The van der Waals surface area contributed by atoms with Gasteiger partial charge in [-0.05, 0) is 41.1 Å².